The summed E-state index contributed by atoms with van der Waals surface area (Å²) < 4.78 is 0. The third kappa shape index (κ3) is 2.34. The Bertz CT molecular complexity index is 523. The first kappa shape index (κ1) is 11.4. The van der Waals surface area contributed by atoms with Gasteiger partial charge in [-0.15, -0.1) is 0 Å². The minimum Gasteiger partial charge on any atom is -0.378 e. The van der Waals surface area contributed by atoms with E-state index in [0.29, 0.717) is 5.56 Å². The number of nitrogens with two attached hydrogens (primary N) is 1. The first-order valence-corrected chi connectivity index (χ1v) is 5.32. The van der Waals surface area contributed by atoms with E-state index in [1.54, 1.807) is 12.1 Å². The van der Waals surface area contributed by atoms with Gasteiger partial charge in [-0.2, -0.15) is 0 Å². The second-order valence-electron chi connectivity index (χ2n) is 3.76. The molecule has 0 aliphatic carbocycles. The van der Waals surface area contributed by atoms with Crippen molar-refractivity contribution in [2.45, 2.75) is 6.10 Å². The molecule has 3 heteroatoms. The van der Waals surface area contributed by atoms with Crippen molar-refractivity contribution in [3.63, 3.8) is 0 Å². The van der Waals surface area contributed by atoms with E-state index < -0.39 is 12.0 Å². The van der Waals surface area contributed by atoms with E-state index in [4.69, 9.17) is 5.73 Å². The Kier molecular flexibility index (Phi) is 3.21. The van der Waals surface area contributed by atoms with Crippen molar-refractivity contribution in [3.8, 4) is 11.1 Å². The van der Waals surface area contributed by atoms with Gasteiger partial charge in [-0.1, -0.05) is 54.6 Å². The Balaban J connectivity index is 2.52. The van der Waals surface area contributed by atoms with Crippen molar-refractivity contribution in [1.29, 1.82) is 0 Å². The van der Waals surface area contributed by atoms with Gasteiger partial charge in [0.2, 0.25) is 0 Å². The molecule has 17 heavy (non-hydrogen) atoms. The third-order valence-corrected chi connectivity index (χ3v) is 2.61. The van der Waals surface area contributed by atoms with Gasteiger partial charge >= 0.3 is 0 Å². The third-order valence-electron chi connectivity index (χ3n) is 2.61. The zero-order valence-electron chi connectivity index (χ0n) is 9.21. The molecule has 0 aliphatic rings. The van der Waals surface area contributed by atoms with Gasteiger partial charge in [0.25, 0.3) is 5.91 Å². The van der Waals surface area contributed by atoms with Crippen LogP contribution in [0.4, 0.5) is 0 Å². The molecule has 1 atom stereocenters. The maximum atomic E-state index is 11.1. The normalized spacial score (nSPS) is 12.1. The SMILES string of the molecule is NC(=O)[C@H](O)c1ccccc1-c1ccccc1. The van der Waals surface area contributed by atoms with Crippen LogP contribution in [0, 0.1) is 0 Å². The second-order valence-corrected chi connectivity index (χ2v) is 3.76. The molecule has 0 fully saturated rings. The molecule has 0 aromatic heterocycles. The lowest BCUT2D eigenvalue weighted by Crippen LogP contribution is -2.21. The summed E-state index contributed by atoms with van der Waals surface area (Å²) in [6.07, 6.45) is -1.27. The summed E-state index contributed by atoms with van der Waals surface area (Å²) in [6.45, 7) is 0. The molecule has 0 saturated carbocycles. The standard InChI is InChI=1S/C14H13NO2/c15-14(17)13(16)12-9-5-4-8-11(12)10-6-2-1-3-7-10/h1-9,13,16H,(H2,15,17)/t13-/m1/s1. The number of hydrogen-bond donors (Lipinski definition) is 2. The summed E-state index contributed by atoms with van der Waals surface area (Å²) in [6, 6.07) is 16.8. The molecule has 0 spiro atoms. The maximum absolute atomic E-state index is 11.1. The van der Waals surface area contributed by atoms with Crippen LogP contribution >= 0.6 is 0 Å². The lowest BCUT2D eigenvalue weighted by Gasteiger charge is -2.12. The smallest absolute Gasteiger partial charge is 0.250 e. The summed E-state index contributed by atoms with van der Waals surface area (Å²) in [7, 11) is 0. The Hall–Kier alpha value is -2.13. The zero-order chi connectivity index (χ0) is 12.3. The van der Waals surface area contributed by atoms with Gasteiger partial charge < -0.3 is 10.8 Å². The highest BCUT2D eigenvalue weighted by molar-refractivity contribution is 5.83. The molecule has 0 radical (unpaired) electrons. The van der Waals surface area contributed by atoms with Crippen LogP contribution in [0.3, 0.4) is 0 Å². The molecule has 3 nitrogen and oxygen atoms in total. The zero-order valence-corrected chi connectivity index (χ0v) is 9.21. The Morgan fingerprint density at radius 1 is 1.00 bits per heavy atom. The minimum atomic E-state index is -1.27. The summed E-state index contributed by atoms with van der Waals surface area (Å²) >= 11 is 0. The first-order valence-electron chi connectivity index (χ1n) is 5.32. The molecule has 0 aliphatic heterocycles. The number of amides is 1. The highest BCUT2D eigenvalue weighted by Crippen LogP contribution is 2.27. The van der Waals surface area contributed by atoms with E-state index >= 15 is 0 Å². The Morgan fingerprint density at radius 2 is 1.59 bits per heavy atom. The van der Waals surface area contributed by atoms with Crippen LogP contribution in [-0.4, -0.2) is 11.0 Å². The minimum absolute atomic E-state index is 0.534. The summed E-state index contributed by atoms with van der Waals surface area (Å²) in [5.41, 5.74) is 7.43. The summed E-state index contributed by atoms with van der Waals surface area (Å²) in [4.78, 5) is 11.1. The van der Waals surface area contributed by atoms with Gasteiger partial charge in [-0.3, -0.25) is 4.79 Å². The van der Waals surface area contributed by atoms with Crippen LogP contribution in [-0.2, 0) is 4.79 Å². The molecule has 86 valence electrons. The molecular weight excluding hydrogens is 214 g/mol. The number of primary amides is 1. The lowest BCUT2D eigenvalue weighted by molar-refractivity contribution is -0.126. The van der Waals surface area contributed by atoms with Crippen LogP contribution < -0.4 is 5.73 Å². The highest BCUT2D eigenvalue weighted by Gasteiger charge is 2.17. The number of rotatable bonds is 3. The second kappa shape index (κ2) is 4.80. The van der Waals surface area contributed by atoms with Gasteiger partial charge in [-0.25, -0.2) is 0 Å². The van der Waals surface area contributed by atoms with Crippen molar-refractivity contribution in [1.82, 2.24) is 0 Å². The molecule has 2 aromatic rings. The van der Waals surface area contributed by atoms with Gasteiger partial charge in [-0.05, 0) is 16.7 Å². The van der Waals surface area contributed by atoms with Gasteiger partial charge in [0, 0.05) is 0 Å². The topological polar surface area (TPSA) is 63.3 Å². The average Bonchev–Trinajstić information content (AvgIpc) is 2.39. The van der Waals surface area contributed by atoms with E-state index in [1.807, 2.05) is 42.5 Å². The summed E-state index contributed by atoms with van der Waals surface area (Å²) in [5.74, 6) is -0.742. The van der Waals surface area contributed by atoms with Gasteiger partial charge in [0.15, 0.2) is 6.10 Å². The van der Waals surface area contributed by atoms with Crippen molar-refractivity contribution >= 4 is 5.91 Å². The predicted molar refractivity (Wildman–Crippen MR) is 66.0 cm³/mol. The average molecular weight is 227 g/mol. The Labute approximate surface area is 99.5 Å². The number of carbonyl (C=O) groups is 1. The molecule has 3 N–H and O–H groups in total. The molecule has 2 aromatic carbocycles. The first-order chi connectivity index (χ1) is 8.20. The van der Waals surface area contributed by atoms with E-state index in [9.17, 15) is 9.90 Å². The highest BCUT2D eigenvalue weighted by atomic mass is 16.3. The quantitative estimate of drug-likeness (QED) is 0.840. The monoisotopic (exact) mass is 227 g/mol. The van der Waals surface area contributed by atoms with Crippen molar-refractivity contribution in [3.05, 3.63) is 60.2 Å². The fourth-order valence-corrected chi connectivity index (χ4v) is 1.77. The van der Waals surface area contributed by atoms with E-state index in [1.165, 1.54) is 0 Å². The molecule has 2 rings (SSSR count). The molecule has 0 saturated heterocycles. The number of benzene rings is 2. The van der Waals surface area contributed by atoms with Crippen molar-refractivity contribution in [2.24, 2.45) is 5.73 Å². The molecule has 0 unspecified atom stereocenters. The molecular formula is C14H13NO2. The van der Waals surface area contributed by atoms with Crippen LogP contribution in [0.1, 0.15) is 11.7 Å². The fourth-order valence-electron chi connectivity index (χ4n) is 1.77. The van der Waals surface area contributed by atoms with Crippen LogP contribution in [0.5, 0.6) is 0 Å². The van der Waals surface area contributed by atoms with E-state index in [2.05, 4.69) is 0 Å². The summed E-state index contributed by atoms with van der Waals surface area (Å²) in [5, 5.41) is 9.77. The van der Waals surface area contributed by atoms with E-state index in [-0.39, 0.29) is 0 Å². The number of aliphatic hydroxyl groups excluding tert-OH is 1. The molecule has 0 bridgehead atoms. The number of hydrogen-bond acceptors (Lipinski definition) is 2. The maximum Gasteiger partial charge on any atom is 0.250 e. The number of aliphatic hydroxyl groups is 1. The molecule has 0 heterocycles. The predicted octanol–water partition coefficient (Wildman–Crippen LogP) is 1.87. The Morgan fingerprint density at radius 3 is 2.24 bits per heavy atom. The molecule has 1 amide bonds. The lowest BCUT2D eigenvalue weighted by atomic mass is 9.96. The van der Waals surface area contributed by atoms with Crippen molar-refractivity contribution < 1.29 is 9.90 Å². The van der Waals surface area contributed by atoms with Crippen LogP contribution in [0.25, 0.3) is 11.1 Å². The van der Waals surface area contributed by atoms with Crippen molar-refractivity contribution in [2.75, 3.05) is 0 Å². The van der Waals surface area contributed by atoms with Gasteiger partial charge in [0.1, 0.15) is 0 Å². The largest absolute Gasteiger partial charge is 0.378 e. The van der Waals surface area contributed by atoms with Crippen LogP contribution in [0.2, 0.25) is 0 Å². The van der Waals surface area contributed by atoms with E-state index in [0.717, 1.165) is 11.1 Å². The number of carbonyl (C=O) groups excluding carboxylic acids is 1. The van der Waals surface area contributed by atoms with Gasteiger partial charge in [0.05, 0.1) is 0 Å². The van der Waals surface area contributed by atoms with Crippen LogP contribution in [0.15, 0.2) is 54.6 Å². The fraction of sp³-hybridized carbons (Fsp3) is 0.0714.